The summed E-state index contributed by atoms with van der Waals surface area (Å²) in [6.07, 6.45) is 0.641. The maximum Gasteiger partial charge on any atom is 0.242 e. The van der Waals surface area contributed by atoms with E-state index in [0.717, 1.165) is 0 Å². The lowest BCUT2D eigenvalue weighted by Crippen LogP contribution is -2.35. The van der Waals surface area contributed by atoms with Crippen LogP contribution in [0.3, 0.4) is 0 Å². The van der Waals surface area contributed by atoms with Crippen molar-refractivity contribution in [1.29, 1.82) is 0 Å². The van der Waals surface area contributed by atoms with E-state index < -0.39 is 15.6 Å². The van der Waals surface area contributed by atoms with Gasteiger partial charge in [-0.1, -0.05) is 32.9 Å². The highest BCUT2D eigenvalue weighted by Crippen LogP contribution is 2.23. The number of aliphatic hydroxyl groups is 1. The van der Waals surface area contributed by atoms with Crippen LogP contribution >= 0.6 is 0 Å². The second-order valence-electron chi connectivity index (χ2n) is 5.95. The first-order valence-corrected chi connectivity index (χ1v) is 8.71. The zero-order chi connectivity index (χ0) is 16.1. The fraction of sp³-hybridized carbons (Fsp3) is 0.600. The Kier molecular flexibility index (Phi) is 6.19. The van der Waals surface area contributed by atoms with Crippen molar-refractivity contribution in [3.8, 4) is 0 Å². The molecule has 0 aliphatic carbocycles. The summed E-state index contributed by atoms with van der Waals surface area (Å²) in [5, 5.41) is 13.4. The maximum absolute atomic E-state index is 12.1. The summed E-state index contributed by atoms with van der Waals surface area (Å²) in [6, 6.07) is 6.71. The third-order valence-electron chi connectivity index (χ3n) is 3.02. The van der Waals surface area contributed by atoms with Gasteiger partial charge in [0.05, 0.1) is 11.3 Å². The van der Waals surface area contributed by atoms with Crippen molar-refractivity contribution in [2.75, 3.05) is 18.4 Å². The second kappa shape index (κ2) is 7.24. The molecule has 0 aromatic heterocycles. The molecule has 1 aromatic carbocycles. The molecule has 0 radical (unpaired) electrons. The lowest BCUT2D eigenvalue weighted by Gasteiger charge is -2.26. The van der Waals surface area contributed by atoms with E-state index in [1.165, 1.54) is 0 Å². The van der Waals surface area contributed by atoms with Crippen molar-refractivity contribution < 1.29 is 13.5 Å². The Morgan fingerprint density at radius 3 is 2.48 bits per heavy atom. The van der Waals surface area contributed by atoms with E-state index in [1.54, 1.807) is 38.1 Å². The minimum atomic E-state index is -3.53. The number of hydrogen-bond donors (Lipinski definition) is 3. The van der Waals surface area contributed by atoms with E-state index in [2.05, 4.69) is 10.0 Å². The van der Waals surface area contributed by atoms with E-state index in [0.29, 0.717) is 31.1 Å². The molecule has 1 rings (SSSR count). The van der Waals surface area contributed by atoms with E-state index in [4.69, 9.17) is 0 Å². The van der Waals surface area contributed by atoms with Crippen molar-refractivity contribution in [1.82, 2.24) is 4.72 Å². The van der Waals surface area contributed by atoms with Crippen LogP contribution in [-0.2, 0) is 10.0 Å². The number of anilines is 1. The van der Waals surface area contributed by atoms with Gasteiger partial charge in [-0.2, -0.15) is 0 Å². The zero-order valence-corrected chi connectivity index (χ0v) is 14.0. The summed E-state index contributed by atoms with van der Waals surface area (Å²) in [4.78, 5) is 0.201. The van der Waals surface area contributed by atoms with Gasteiger partial charge in [-0.05, 0) is 31.4 Å². The van der Waals surface area contributed by atoms with E-state index in [1.807, 2.05) is 13.8 Å². The van der Waals surface area contributed by atoms with Crippen molar-refractivity contribution in [2.24, 2.45) is 5.92 Å². The third-order valence-corrected chi connectivity index (χ3v) is 4.62. The Morgan fingerprint density at radius 2 is 1.90 bits per heavy atom. The number of rotatable bonds is 8. The number of nitrogens with one attached hydrogen (secondary N) is 2. The summed E-state index contributed by atoms with van der Waals surface area (Å²) in [6.45, 7) is 8.20. The average Bonchev–Trinajstić information content (AvgIpc) is 2.35. The molecule has 0 saturated carbocycles. The van der Waals surface area contributed by atoms with E-state index in [9.17, 15) is 13.5 Å². The Balaban J connectivity index is 2.91. The summed E-state index contributed by atoms with van der Waals surface area (Å²) in [5.74, 6) is 0.363. The first-order chi connectivity index (χ1) is 9.68. The molecule has 1 aromatic rings. The van der Waals surface area contributed by atoms with Gasteiger partial charge in [0, 0.05) is 13.1 Å². The predicted molar refractivity (Wildman–Crippen MR) is 85.9 cm³/mol. The van der Waals surface area contributed by atoms with Crippen molar-refractivity contribution in [2.45, 2.75) is 44.6 Å². The van der Waals surface area contributed by atoms with Crippen LogP contribution in [0.5, 0.6) is 0 Å². The first kappa shape index (κ1) is 17.9. The largest absolute Gasteiger partial charge is 0.388 e. The lowest BCUT2D eigenvalue weighted by molar-refractivity contribution is 0.0515. The summed E-state index contributed by atoms with van der Waals surface area (Å²) in [5.41, 5.74) is -0.383. The summed E-state index contributed by atoms with van der Waals surface area (Å²) in [7, 11) is -3.53. The van der Waals surface area contributed by atoms with Crippen LogP contribution in [0.2, 0.25) is 0 Å². The average molecular weight is 314 g/mol. The van der Waals surface area contributed by atoms with Crippen LogP contribution in [0, 0.1) is 5.92 Å². The van der Waals surface area contributed by atoms with Gasteiger partial charge in [0.25, 0.3) is 0 Å². The molecule has 1 unspecified atom stereocenters. The quantitative estimate of drug-likeness (QED) is 0.687. The standard InChI is InChI=1S/C15H26N2O3S/c1-5-17-21(19,20)14-9-7-6-8-13(14)16-11-15(4,18)10-12(2)3/h6-9,12,16-18H,5,10-11H2,1-4H3. The molecule has 5 nitrogen and oxygen atoms in total. The molecular formula is C15H26N2O3S. The molecule has 0 heterocycles. The first-order valence-electron chi connectivity index (χ1n) is 7.23. The monoisotopic (exact) mass is 314 g/mol. The van der Waals surface area contributed by atoms with Crippen LogP contribution < -0.4 is 10.0 Å². The highest BCUT2D eigenvalue weighted by atomic mass is 32.2. The molecule has 120 valence electrons. The number of sulfonamides is 1. The zero-order valence-electron chi connectivity index (χ0n) is 13.2. The normalized spacial score (nSPS) is 15.0. The molecule has 0 saturated heterocycles. The van der Waals surface area contributed by atoms with Crippen LogP contribution in [0.4, 0.5) is 5.69 Å². The maximum atomic E-state index is 12.1. The fourth-order valence-corrected chi connectivity index (χ4v) is 3.58. The van der Waals surface area contributed by atoms with Crippen LogP contribution in [-0.4, -0.2) is 32.2 Å². The Bertz CT molecular complexity index is 554. The third kappa shape index (κ3) is 5.65. The van der Waals surface area contributed by atoms with Gasteiger partial charge in [0.1, 0.15) is 4.90 Å². The molecular weight excluding hydrogens is 288 g/mol. The Labute approximate surface area is 127 Å². The van der Waals surface area contributed by atoms with Gasteiger partial charge < -0.3 is 10.4 Å². The molecule has 3 N–H and O–H groups in total. The predicted octanol–water partition coefficient (Wildman–Crippen LogP) is 2.19. The number of para-hydroxylation sites is 1. The minimum Gasteiger partial charge on any atom is -0.388 e. The van der Waals surface area contributed by atoms with Gasteiger partial charge >= 0.3 is 0 Å². The van der Waals surface area contributed by atoms with Gasteiger partial charge in [0.15, 0.2) is 0 Å². The molecule has 0 spiro atoms. The molecule has 0 amide bonds. The molecule has 0 bridgehead atoms. The van der Waals surface area contributed by atoms with Gasteiger partial charge in [-0.15, -0.1) is 0 Å². The molecule has 6 heteroatoms. The molecule has 21 heavy (non-hydrogen) atoms. The summed E-state index contributed by atoms with van der Waals surface area (Å²) >= 11 is 0. The van der Waals surface area contributed by atoms with E-state index in [-0.39, 0.29) is 4.90 Å². The molecule has 1 atom stereocenters. The topological polar surface area (TPSA) is 78.4 Å². The Hall–Kier alpha value is -1.11. The van der Waals surface area contributed by atoms with Crippen molar-refractivity contribution in [3.63, 3.8) is 0 Å². The molecule has 0 fully saturated rings. The second-order valence-corrected chi connectivity index (χ2v) is 7.68. The minimum absolute atomic E-state index is 0.201. The SMILES string of the molecule is CCNS(=O)(=O)c1ccccc1NCC(C)(O)CC(C)C. The van der Waals surface area contributed by atoms with Crippen LogP contribution in [0.1, 0.15) is 34.1 Å². The van der Waals surface area contributed by atoms with E-state index >= 15 is 0 Å². The van der Waals surface area contributed by atoms with Crippen molar-refractivity contribution in [3.05, 3.63) is 24.3 Å². The van der Waals surface area contributed by atoms with Crippen LogP contribution in [0.15, 0.2) is 29.2 Å². The highest BCUT2D eigenvalue weighted by molar-refractivity contribution is 7.89. The lowest BCUT2D eigenvalue weighted by atomic mass is 9.94. The number of benzene rings is 1. The molecule has 0 aliphatic rings. The van der Waals surface area contributed by atoms with Gasteiger partial charge in [-0.3, -0.25) is 0 Å². The number of hydrogen-bond acceptors (Lipinski definition) is 4. The summed E-state index contributed by atoms with van der Waals surface area (Å²) < 4.78 is 26.8. The van der Waals surface area contributed by atoms with Gasteiger partial charge in [0.2, 0.25) is 10.0 Å². The fourth-order valence-electron chi connectivity index (χ4n) is 2.35. The molecule has 0 aliphatic heterocycles. The Morgan fingerprint density at radius 1 is 1.29 bits per heavy atom. The van der Waals surface area contributed by atoms with Gasteiger partial charge in [-0.25, -0.2) is 13.1 Å². The van der Waals surface area contributed by atoms with Crippen molar-refractivity contribution >= 4 is 15.7 Å². The highest BCUT2D eigenvalue weighted by Gasteiger charge is 2.23. The van der Waals surface area contributed by atoms with Crippen LogP contribution in [0.25, 0.3) is 0 Å². The smallest absolute Gasteiger partial charge is 0.242 e.